The topological polar surface area (TPSA) is 84.5 Å². The van der Waals surface area contributed by atoms with Gasteiger partial charge in [-0.15, -0.1) is 0 Å². The molecule has 2 aliphatic carbocycles. The second kappa shape index (κ2) is 5.58. The van der Waals surface area contributed by atoms with E-state index in [4.69, 9.17) is 0 Å². The molecule has 1 aromatic rings. The number of carboxylic acid groups (broad SMARTS) is 1. The van der Waals surface area contributed by atoms with E-state index in [-0.39, 0.29) is 11.5 Å². The molecule has 0 radical (unpaired) electrons. The molecule has 3 aliphatic rings. The van der Waals surface area contributed by atoms with Crippen LogP contribution in [0, 0.1) is 5.92 Å². The third-order valence-corrected chi connectivity index (χ3v) is 4.61. The van der Waals surface area contributed by atoms with Crippen LogP contribution in [0.3, 0.4) is 0 Å². The van der Waals surface area contributed by atoms with E-state index in [9.17, 15) is 14.7 Å². The molecule has 1 aliphatic heterocycles. The maximum Gasteiger partial charge on any atom is 0.331 e. The van der Waals surface area contributed by atoms with Crippen molar-refractivity contribution in [2.24, 2.45) is 10.9 Å². The fourth-order valence-electron chi connectivity index (χ4n) is 2.61. The normalized spacial score (nSPS) is 20.0. The van der Waals surface area contributed by atoms with Crippen LogP contribution in [0.2, 0.25) is 0 Å². The Hall–Kier alpha value is -1.98. The first-order valence-electron chi connectivity index (χ1n) is 8.28. The van der Waals surface area contributed by atoms with Gasteiger partial charge in [0.2, 0.25) is 0 Å². The van der Waals surface area contributed by atoms with Crippen molar-refractivity contribution in [1.82, 2.24) is 9.78 Å². The minimum Gasteiger partial charge on any atom is -0.479 e. The number of aromatic nitrogens is 2. The van der Waals surface area contributed by atoms with Crippen molar-refractivity contribution in [3.8, 4) is 0 Å². The summed E-state index contributed by atoms with van der Waals surface area (Å²) in [7, 11) is 0. The summed E-state index contributed by atoms with van der Waals surface area (Å²) in [5.74, 6) is 0.201. The summed E-state index contributed by atoms with van der Waals surface area (Å²) in [6.07, 6.45) is 5.64. The highest BCUT2D eigenvalue weighted by molar-refractivity contribution is 5.79. The summed E-state index contributed by atoms with van der Waals surface area (Å²) in [5, 5.41) is 14.8. The van der Waals surface area contributed by atoms with E-state index in [1.54, 1.807) is 6.08 Å². The second-order valence-corrected chi connectivity index (χ2v) is 7.08. The molecule has 2 saturated carbocycles. The molecule has 0 saturated heterocycles. The molecular formula is C17H23N3O3. The number of hydrogen-bond donors (Lipinski definition) is 1. The Labute approximate surface area is 134 Å². The van der Waals surface area contributed by atoms with E-state index in [1.165, 1.54) is 17.5 Å². The van der Waals surface area contributed by atoms with Gasteiger partial charge in [0.15, 0.2) is 5.54 Å². The second-order valence-electron chi connectivity index (χ2n) is 7.08. The molecule has 0 spiro atoms. The Bertz CT molecular complexity index is 815. The summed E-state index contributed by atoms with van der Waals surface area (Å²) in [5.41, 5.74) is -0.761. The molecule has 6 heteroatoms. The van der Waals surface area contributed by atoms with Gasteiger partial charge < -0.3 is 5.11 Å². The lowest BCUT2D eigenvalue weighted by Gasteiger charge is -2.15. The van der Waals surface area contributed by atoms with Gasteiger partial charge in [0.25, 0.3) is 5.56 Å². The zero-order valence-corrected chi connectivity index (χ0v) is 13.9. The molecule has 2 fully saturated rings. The predicted molar refractivity (Wildman–Crippen MR) is 85.9 cm³/mol. The molecule has 0 aromatic carbocycles. The van der Waals surface area contributed by atoms with Crippen LogP contribution in [0.15, 0.2) is 9.79 Å². The molecule has 1 aromatic heterocycles. The molecule has 2 heterocycles. The summed E-state index contributed by atoms with van der Waals surface area (Å²) in [6, 6.07) is 0. The van der Waals surface area contributed by atoms with E-state index < -0.39 is 11.5 Å². The van der Waals surface area contributed by atoms with Crippen molar-refractivity contribution < 1.29 is 9.90 Å². The van der Waals surface area contributed by atoms with Gasteiger partial charge in [0, 0.05) is 0 Å². The summed E-state index contributed by atoms with van der Waals surface area (Å²) >= 11 is 0. The average molecular weight is 317 g/mol. The van der Waals surface area contributed by atoms with Crippen LogP contribution in [0.1, 0.15) is 58.1 Å². The van der Waals surface area contributed by atoms with Gasteiger partial charge >= 0.3 is 5.97 Å². The fourth-order valence-corrected chi connectivity index (χ4v) is 2.61. The van der Waals surface area contributed by atoms with Crippen molar-refractivity contribution in [3.63, 3.8) is 0 Å². The Morgan fingerprint density at radius 1 is 1.39 bits per heavy atom. The van der Waals surface area contributed by atoms with E-state index >= 15 is 0 Å². The minimum atomic E-state index is -1.13. The molecule has 0 bridgehead atoms. The van der Waals surface area contributed by atoms with Gasteiger partial charge in [-0.2, -0.15) is 5.10 Å². The zero-order chi connectivity index (χ0) is 16.8. The number of carbonyl (C=O) groups is 1. The Kier molecular flexibility index (Phi) is 3.86. The van der Waals surface area contributed by atoms with Gasteiger partial charge in [0.05, 0.1) is 22.8 Å². The molecule has 0 atom stereocenters. The highest BCUT2D eigenvalue weighted by Crippen LogP contribution is 2.42. The van der Waals surface area contributed by atoms with Crippen molar-refractivity contribution in [3.05, 3.63) is 26.6 Å². The standard InChI is InChI=1S/C13H15N3O3.C4H8/c1-7(2)9-10-8(3-6-14-10)11(17)16(15-9)13(4-5-13)12(18)19;1-4-2-3-4/h3,7H,4-6H2,1-2H3,(H,18,19);4H,2-3H2,1H3. The fraction of sp³-hybridized carbons (Fsp3) is 0.647. The molecule has 6 nitrogen and oxygen atoms in total. The summed E-state index contributed by atoms with van der Waals surface area (Å²) in [6.45, 7) is 6.67. The first kappa shape index (κ1) is 15.9. The van der Waals surface area contributed by atoms with E-state index in [2.05, 4.69) is 17.0 Å². The molecular weight excluding hydrogens is 294 g/mol. The van der Waals surface area contributed by atoms with Gasteiger partial charge in [0.1, 0.15) is 0 Å². The molecule has 0 amide bonds. The monoisotopic (exact) mass is 317 g/mol. The van der Waals surface area contributed by atoms with Crippen LogP contribution in [0.4, 0.5) is 0 Å². The van der Waals surface area contributed by atoms with Crippen molar-refractivity contribution in [1.29, 1.82) is 0 Å². The van der Waals surface area contributed by atoms with Crippen molar-refractivity contribution in [2.45, 2.75) is 57.9 Å². The Balaban J connectivity index is 0.000000341. The Morgan fingerprint density at radius 2 is 2.00 bits per heavy atom. The molecule has 4 rings (SSSR count). The molecule has 1 N–H and O–H groups in total. The maximum absolute atomic E-state index is 12.4. The molecule has 0 unspecified atom stereocenters. The number of rotatable bonds is 3. The van der Waals surface area contributed by atoms with Gasteiger partial charge in [-0.05, 0) is 30.8 Å². The number of carboxylic acids is 1. The smallest absolute Gasteiger partial charge is 0.331 e. The van der Waals surface area contributed by atoms with Crippen LogP contribution in [-0.2, 0) is 10.3 Å². The quantitative estimate of drug-likeness (QED) is 0.892. The lowest BCUT2D eigenvalue weighted by atomic mass is 10.1. The lowest BCUT2D eigenvalue weighted by molar-refractivity contribution is -0.143. The number of fused-ring (bicyclic) bond motifs is 1. The summed E-state index contributed by atoms with van der Waals surface area (Å²) < 4.78 is 1.17. The van der Waals surface area contributed by atoms with Crippen LogP contribution in [0.25, 0.3) is 6.08 Å². The first-order valence-corrected chi connectivity index (χ1v) is 8.28. The SMILES string of the molecule is CC(C)c1nn(C2(C(=O)O)CC2)c(=O)c2c1=NCC=2.CC1CC1. The number of hydrogen-bond acceptors (Lipinski definition) is 4. The Morgan fingerprint density at radius 3 is 2.43 bits per heavy atom. The third kappa shape index (κ3) is 2.82. The number of nitrogens with zero attached hydrogens (tertiary/aromatic N) is 3. The van der Waals surface area contributed by atoms with Gasteiger partial charge in [-0.1, -0.05) is 33.6 Å². The summed E-state index contributed by atoms with van der Waals surface area (Å²) in [4.78, 5) is 28.0. The highest BCUT2D eigenvalue weighted by atomic mass is 16.4. The molecule has 23 heavy (non-hydrogen) atoms. The van der Waals surface area contributed by atoms with Crippen LogP contribution < -0.4 is 16.1 Å². The average Bonchev–Trinajstić information content (AvgIpc) is 3.40. The van der Waals surface area contributed by atoms with Crippen LogP contribution in [-0.4, -0.2) is 27.4 Å². The minimum absolute atomic E-state index is 0.0976. The molecule has 124 valence electrons. The lowest BCUT2D eigenvalue weighted by Crippen LogP contribution is -2.52. The number of aliphatic carboxylic acids is 1. The third-order valence-electron chi connectivity index (χ3n) is 4.61. The van der Waals surface area contributed by atoms with Crippen molar-refractivity contribution in [2.75, 3.05) is 6.54 Å². The van der Waals surface area contributed by atoms with Gasteiger partial charge in [-0.3, -0.25) is 9.79 Å². The zero-order valence-electron chi connectivity index (χ0n) is 13.9. The van der Waals surface area contributed by atoms with E-state index in [1.807, 2.05) is 13.8 Å². The van der Waals surface area contributed by atoms with Gasteiger partial charge in [-0.25, -0.2) is 9.48 Å². The predicted octanol–water partition coefficient (Wildman–Crippen LogP) is 0.770. The maximum atomic E-state index is 12.4. The van der Waals surface area contributed by atoms with Crippen LogP contribution in [0.5, 0.6) is 0 Å². The van der Waals surface area contributed by atoms with E-state index in [0.29, 0.717) is 35.7 Å². The highest BCUT2D eigenvalue weighted by Gasteiger charge is 2.54. The largest absolute Gasteiger partial charge is 0.479 e. The van der Waals surface area contributed by atoms with Crippen LogP contribution >= 0.6 is 0 Å². The van der Waals surface area contributed by atoms with Crippen molar-refractivity contribution >= 4 is 12.0 Å². The van der Waals surface area contributed by atoms with E-state index in [0.717, 1.165) is 5.92 Å². The first-order chi connectivity index (χ1) is 10.9.